The fraction of sp³-hybridized carbons (Fsp3) is 1.00. The number of hydrogen-bond acceptors (Lipinski definition) is 4. The summed E-state index contributed by atoms with van der Waals surface area (Å²) in [5, 5.41) is 8.70. The van der Waals surface area contributed by atoms with Gasteiger partial charge in [0.25, 0.3) is 5.85 Å². The van der Waals surface area contributed by atoms with Gasteiger partial charge in [-0.05, 0) is 10.8 Å². The van der Waals surface area contributed by atoms with Crippen molar-refractivity contribution in [1.29, 1.82) is 0 Å². The SMILES string of the molecule is CSCCO[P+](=O)C(C)O. The van der Waals surface area contributed by atoms with Gasteiger partial charge in [0.15, 0.2) is 0 Å². The molecule has 0 aromatic heterocycles. The molecule has 0 radical (unpaired) electrons. The van der Waals surface area contributed by atoms with Crippen molar-refractivity contribution in [1.82, 2.24) is 0 Å². The molecule has 0 fully saturated rings. The van der Waals surface area contributed by atoms with Crippen LogP contribution < -0.4 is 0 Å². The van der Waals surface area contributed by atoms with E-state index in [2.05, 4.69) is 0 Å². The summed E-state index contributed by atoms with van der Waals surface area (Å²) in [7, 11) is -1.86. The van der Waals surface area contributed by atoms with E-state index in [4.69, 9.17) is 9.63 Å². The Labute approximate surface area is 66.0 Å². The van der Waals surface area contributed by atoms with E-state index in [9.17, 15) is 4.57 Å². The monoisotopic (exact) mass is 183 g/mol. The molecule has 0 bridgehead atoms. The molecule has 60 valence electrons. The van der Waals surface area contributed by atoms with Crippen molar-refractivity contribution < 1.29 is 14.2 Å². The Balaban J connectivity index is 3.22. The predicted octanol–water partition coefficient (Wildman–Crippen LogP) is 1.45. The zero-order valence-electron chi connectivity index (χ0n) is 6.11. The topological polar surface area (TPSA) is 46.5 Å². The summed E-state index contributed by atoms with van der Waals surface area (Å²) < 4.78 is 15.5. The lowest BCUT2D eigenvalue weighted by atomic mass is 10.9. The van der Waals surface area contributed by atoms with E-state index in [1.807, 2.05) is 6.26 Å². The highest BCUT2D eigenvalue weighted by Gasteiger charge is 2.24. The summed E-state index contributed by atoms with van der Waals surface area (Å²) in [6, 6.07) is 0. The van der Waals surface area contributed by atoms with Gasteiger partial charge in [-0.25, -0.2) is 0 Å². The Morgan fingerprint density at radius 1 is 1.80 bits per heavy atom. The van der Waals surface area contributed by atoms with Gasteiger partial charge in [0.05, 0.1) is 0 Å². The van der Waals surface area contributed by atoms with Crippen LogP contribution in [0.25, 0.3) is 0 Å². The van der Waals surface area contributed by atoms with Crippen molar-refractivity contribution in [3.63, 3.8) is 0 Å². The second-order valence-corrected chi connectivity index (χ2v) is 4.31. The minimum Gasteiger partial charge on any atom is -0.349 e. The second-order valence-electron chi connectivity index (χ2n) is 1.74. The Morgan fingerprint density at radius 2 is 2.40 bits per heavy atom. The number of thioether (sulfide) groups is 1. The van der Waals surface area contributed by atoms with Crippen LogP contribution in [-0.2, 0) is 9.09 Å². The highest BCUT2D eigenvalue weighted by Crippen LogP contribution is 2.26. The fourth-order valence-corrected chi connectivity index (χ4v) is 1.18. The van der Waals surface area contributed by atoms with Crippen molar-refractivity contribution in [2.24, 2.45) is 0 Å². The molecule has 0 rings (SSSR count). The van der Waals surface area contributed by atoms with Crippen molar-refractivity contribution in [2.45, 2.75) is 12.8 Å². The van der Waals surface area contributed by atoms with Crippen molar-refractivity contribution in [3.05, 3.63) is 0 Å². The lowest BCUT2D eigenvalue weighted by Crippen LogP contribution is -1.97. The fourth-order valence-electron chi connectivity index (χ4n) is 0.318. The number of rotatable bonds is 5. The maximum absolute atomic E-state index is 10.7. The van der Waals surface area contributed by atoms with E-state index in [-0.39, 0.29) is 0 Å². The predicted molar refractivity (Wildman–Crippen MR) is 43.6 cm³/mol. The lowest BCUT2D eigenvalue weighted by Gasteiger charge is -1.90. The van der Waals surface area contributed by atoms with Gasteiger partial charge >= 0.3 is 8.03 Å². The molecule has 0 aliphatic carbocycles. The Kier molecular flexibility index (Phi) is 6.33. The summed E-state index contributed by atoms with van der Waals surface area (Å²) >= 11 is 1.62. The van der Waals surface area contributed by atoms with Gasteiger partial charge in [0.1, 0.15) is 6.61 Å². The molecule has 0 heterocycles. The summed E-state index contributed by atoms with van der Waals surface area (Å²) in [4.78, 5) is 0. The third-order valence-electron chi connectivity index (χ3n) is 0.811. The standard InChI is InChI=1S/C5H12O3PS/c1-5(6)9(7)8-3-4-10-2/h5-6H,3-4H2,1-2H3/q+1. The Morgan fingerprint density at radius 3 is 2.80 bits per heavy atom. The summed E-state index contributed by atoms with van der Waals surface area (Å²) in [6.07, 6.45) is 1.94. The quantitative estimate of drug-likeness (QED) is 0.517. The molecule has 0 spiro atoms. The van der Waals surface area contributed by atoms with Crippen LogP contribution in [0.1, 0.15) is 6.92 Å². The van der Waals surface area contributed by atoms with Gasteiger partial charge in [-0.15, -0.1) is 4.52 Å². The van der Waals surface area contributed by atoms with E-state index >= 15 is 0 Å². The first kappa shape index (κ1) is 10.4. The molecular formula is C5H12O3PS+. The molecule has 2 unspecified atom stereocenters. The van der Waals surface area contributed by atoms with Crippen LogP contribution in [0.2, 0.25) is 0 Å². The van der Waals surface area contributed by atoms with Crippen LogP contribution >= 0.6 is 19.8 Å². The molecule has 1 N–H and O–H groups in total. The zero-order chi connectivity index (χ0) is 7.98. The smallest absolute Gasteiger partial charge is 0.349 e. The molecule has 3 nitrogen and oxygen atoms in total. The Hall–Kier alpha value is 0.370. The van der Waals surface area contributed by atoms with E-state index in [1.54, 1.807) is 11.8 Å². The second kappa shape index (κ2) is 6.10. The van der Waals surface area contributed by atoms with Crippen LogP contribution in [0.4, 0.5) is 0 Å². The minimum absolute atomic E-state index is 0.446. The third kappa shape index (κ3) is 5.18. The van der Waals surface area contributed by atoms with Crippen LogP contribution in [0, 0.1) is 0 Å². The highest BCUT2D eigenvalue weighted by atomic mass is 32.2. The normalized spacial score (nSPS) is 14.9. The molecule has 10 heavy (non-hydrogen) atoms. The zero-order valence-corrected chi connectivity index (χ0v) is 7.82. The third-order valence-corrected chi connectivity index (χ3v) is 2.43. The number of hydrogen-bond donors (Lipinski definition) is 1. The first-order valence-corrected chi connectivity index (χ1v) is 5.59. The van der Waals surface area contributed by atoms with Crippen molar-refractivity contribution in [3.8, 4) is 0 Å². The van der Waals surface area contributed by atoms with Crippen LogP contribution in [0.15, 0.2) is 0 Å². The maximum atomic E-state index is 10.7. The number of aliphatic hydroxyl groups is 1. The van der Waals surface area contributed by atoms with Crippen molar-refractivity contribution in [2.75, 3.05) is 18.6 Å². The molecule has 0 aromatic rings. The lowest BCUT2D eigenvalue weighted by molar-refractivity contribution is 0.237. The maximum Gasteiger partial charge on any atom is 0.539 e. The first-order valence-electron chi connectivity index (χ1n) is 2.94. The molecule has 0 aliphatic rings. The molecule has 0 amide bonds. The van der Waals surface area contributed by atoms with Gasteiger partial charge in [0, 0.05) is 12.7 Å². The Bertz CT molecular complexity index is 107. The van der Waals surface area contributed by atoms with Crippen molar-refractivity contribution >= 4 is 19.8 Å². The highest BCUT2D eigenvalue weighted by molar-refractivity contribution is 7.98. The van der Waals surface area contributed by atoms with Crippen LogP contribution in [-0.4, -0.2) is 29.6 Å². The first-order chi connectivity index (χ1) is 4.68. The van der Waals surface area contributed by atoms with E-state index in [0.717, 1.165) is 5.75 Å². The van der Waals surface area contributed by atoms with Gasteiger partial charge in [-0.3, -0.25) is 0 Å². The van der Waals surface area contributed by atoms with Gasteiger partial charge in [0.2, 0.25) is 0 Å². The minimum atomic E-state index is -1.86. The average Bonchev–Trinajstić information content (AvgIpc) is 1.88. The van der Waals surface area contributed by atoms with Gasteiger partial charge in [-0.1, -0.05) is 0 Å². The molecule has 2 atom stereocenters. The van der Waals surface area contributed by atoms with E-state index in [0.29, 0.717) is 6.61 Å². The van der Waals surface area contributed by atoms with E-state index < -0.39 is 13.9 Å². The van der Waals surface area contributed by atoms with Gasteiger partial charge in [-0.2, -0.15) is 11.8 Å². The largest absolute Gasteiger partial charge is 0.539 e. The molecule has 0 aliphatic heterocycles. The summed E-state index contributed by atoms with van der Waals surface area (Å²) in [5.74, 6) is -0.0368. The van der Waals surface area contributed by atoms with Crippen LogP contribution in [0.3, 0.4) is 0 Å². The molecule has 0 saturated heterocycles. The molecule has 5 heteroatoms. The summed E-state index contributed by atoms with van der Waals surface area (Å²) in [5.41, 5.74) is 0. The average molecular weight is 183 g/mol. The summed E-state index contributed by atoms with van der Waals surface area (Å²) in [6.45, 7) is 1.90. The molecular weight excluding hydrogens is 171 g/mol. The van der Waals surface area contributed by atoms with E-state index in [1.165, 1.54) is 6.92 Å². The molecule has 0 saturated carbocycles. The molecule has 0 aromatic carbocycles. The van der Waals surface area contributed by atoms with Gasteiger partial charge < -0.3 is 5.11 Å². The number of aliphatic hydroxyl groups excluding tert-OH is 1. The van der Waals surface area contributed by atoms with Crippen LogP contribution in [0.5, 0.6) is 0 Å².